The van der Waals surface area contributed by atoms with E-state index in [2.05, 4.69) is 48.9 Å². The number of thioether (sulfide) groups is 1. The van der Waals surface area contributed by atoms with Crippen LogP contribution in [0.25, 0.3) is 0 Å². The number of nitrogens with zero attached hydrogens (tertiary/aromatic N) is 1. The van der Waals surface area contributed by atoms with E-state index in [-0.39, 0.29) is 11.4 Å². The number of hydrogen-bond acceptors (Lipinski definition) is 4. The maximum atomic E-state index is 11.9. The first kappa shape index (κ1) is 22.4. The fourth-order valence-corrected chi connectivity index (χ4v) is 5.71. The van der Waals surface area contributed by atoms with Crippen LogP contribution in [0.2, 0.25) is 0 Å². The van der Waals surface area contributed by atoms with Gasteiger partial charge in [0.25, 0.3) is 0 Å². The summed E-state index contributed by atoms with van der Waals surface area (Å²) in [5, 5.41) is 0. The van der Waals surface area contributed by atoms with E-state index in [1.165, 1.54) is 48.3 Å². The van der Waals surface area contributed by atoms with E-state index in [1.807, 2.05) is 18.7 Å². The maximum absolute atomic E-state index is 11.9. The van der Waals surface area contributed by atoms with Gasteiger partial charge < -0.3 is 4.74 Å². The monoisotopic (exact) mass is 421 g/mol. The fourth-order valence-electron chi connectivity index (χ4n) is 4.40. The molecule has 0 N–H and O–H groups in total. The third kappa shape index (κ3) is 4.90. The number of benzene rings is 1. The van der Waals surface area contributed by atoms with Crippen molar-refractivity contribution in [1.29, 1.82) is 0 Å². The van der Waals surface area contributed by atoms with E-state index < -0.39 is 0 Å². The zero-order chi connectivity index (χ0) is 21.6. The summed E-state index contributed by atoms with van der Waals surface area (Å²) in [4.78, 5) is 17.7. The minimum absolute atomic E-state index is 0.289. The Hall–Kier alpha value is -2.25. The minimum atomic E-state index is -0.344. The number of carbonyl (C=O) groups excluding carboxylic acids is 1. The molecule has 4 heteroatoms. The molecule has 0 aliphatic carbocycles. The summed E-state index contributed by atoms with van der Waals surface area (Å²) in [5.41, 5.74) is 4.85. The predicted octanol–water partition coefficient (Wildman–Crippen LogP) is 6.30. The second-order valence-electron chi connectivity index (χ2n) is 7.95. The molecule has 1 aliphatic heterocycles. The number of esters is 1. The van der Waals surface area contributed by atoms with Crippen molar-refractivity contribution < 1.29 is 9.53 Å². The van der Waals surface area contributed by atoms with Crippen LogP contribution in [0.3, 0.4) is 0 Å². The molecule has 0 unspecified atom stereocenters. The third-order valence-corrected chi connectivity index (χ3v) is 6.84. The summed E-state index contributed by atoms with van der Waals surface area (Å²) < 4.78 is 5.05. The van der Waals surface area contributed by atoms with E-state index in [9.17, 15) is 4.79 Å². The minimum Gasteiger partial charge on any atom is -0.462 e. The number of aryl methyl sites for hydroxylation is 1. The lowest BCUT2D eigenvalue weighted by Gasteiger charge is -2.39. The third-order valence-electron chi connectivity index (χ3n) is 5.76. The zero-order valence-electron chi connectivity index (χ0n) is 18.5. The molecular weight excluding hydrogens is 390 g/mol. The molecule has 1 aromatic heterocycles. The lowest BCUT2D eigenvalue weighted by Crippen LogP contribution is -2.30. The van der Waals surface area contributed by atoms with E-state index >= 15 is 0 Å². The number of hydrogen-bond donors (Lipinski definition) is 0. The van der Waals surface area contributed by atoms with Gasteiger partial charge in [-0.3, -0.25) is 0 Å². The van der Waals surface area contributed by atoms with Gasteiger partial charge in [-0.25, -0.2) is 9.78 Å². The lowest BCUT2D eigenvalue weighted by atomic mass is 9.71. The molecule has 0 saturated heterocycles. The average molecular weight is 422 g/mol. The summed E-state index contributed by atoms with van der Waals surface area (Å²) >= 11 is 1.97. The van der Waals surface area contributed by atoms with Crippen molar-refractivity contribution in [3.63, 3.8) is 0 Å². The highest BCUT2D eigenvalue weighted by atomic mass is 32.2. The van der Waals surface area contributed by atoms with Gasteiger partial charge in [0.1, 0.15) is 5.69 Å². The Morgan fingerprint density at radius 3 is 2.60 bits per heavy atom. The Balaban J connectivity index is 1.91. The molecule has 1 aliphatic rings. The summed E-state index contributed by atoms with van der Waals surface area (Å²) in [6.45, 7) is 8.66. The Bertz CT molecular complexity index is 965. The largest absolute Gasteiger partial charge is 0.462 e. The first-order chi connectivity index (χ1) is 14.5. The van der Waals surface area contributed by atoms with Gasteiger partial charge >= 0.3 is 5.97 Å². The molecule has 0 radical (unpaired) electrons. The molecule has 0 amide bonds. The van der Waals surface area contributed by atoms with E-state index in [4.69, 9.17) is 4.74 Å². The number of carbonyl (C=O) groups is 1. The molecule has 0 bridgehead atoms. The first-order valence-electron chi connectivity index (χ1n) is 11.0. The van der Waals surface area contributed by atoms with Crippen LogP contribution in [-0.2, 0) is 10.2 Å². The van der Waals surface area contributed by atoms with Gasteiger partial charge in [0.2, 0.25) is 0 Å². The lowest BCUT2D eigenvalue weighted by molar-refractivity contribution is 0.0525. The standard InChI is InChI=1S/C26H31NO2S/c1-5-12-26(13-6-2)14-15-30-24-11-9-20(17-22(24)26)8-10-23-19(4)16-21(18-27-23)25(28)29-7-3/h9,11,16-18H,5-7,12-15H2,1-4H3. The summed E-state index contributed by atoms with van der Waals surface area (Å²) in [6, 6.07) is 8.47. The fraction of sp³-hybridized carbons (Fsp3) is 0.462. The Morgan fingerprint density at radius 2 is 1.93 bits per heavy atom. The SMILES string of the molecule is CCCC1(CCC)CCSc2ccc(C#Cc3ncc(C(=O)OCC)cc3C)cc21. The van der Waals surface area contributed by atoms with Crippen LogP contribution < -0.4 is 0 Å². The highest BCUT2D eigenvalue weighted by molar-refractivity contribution is 7.99. The molecule has 0 fully saturated rings. The van der Waals surface area contributed by atoms with Gasteiger partial charge in [-0.2, -0.15) is 0 Å². The van der Waals surface area contributed by atoms with Crippen LogP contribution in [0.4, 0.5) is 0 Å². The highest BCUT2D eigenvalue weighted by Gasteiger charge is 2.35. The van der Waals surface area contributed by atoms with Crippen LogP contribution in [0.5, 0.6) is 0 Å². The van der Waals surface area contributed by atoms with Crippen LogP contribution in [0.1, 0.15) is 85.6 Å². The van der Waals surface area contributed by atoms with Crippen molar-refractivity contribution in [3.05, 3.63) is 58.4 Å². The molecule has 2 heterocycles. The second kappa shape index (κ2) is 10.2. The van der Waals surface area contributed by atoms with Crippen LogP contribution in [-0.4, -0.2) is 23.3 Å². The van der Waals surface area contributed by atoms with E-state index in [1.54, 1.807) is 19.2 Å². The smallest absolute Gasteiger partial charge is 0.339 e. The number of aromatic nitrogens is 1. The first-order valence-corrected chi connectivity index (χ1v) is 11.9. The zero-order valence-corrected chi connectivity index (χ0v) is 19.3. The Morgan fingerprint density at radius 1 is 1.17 bits per heavy atom. The van der Waals surface area contributed by atoms with Crippen molar-refractivity contribution in [2.75, 3.05) is 12.4 Å². The molecule has 3 rings (SSSR count). The van der Waals surface area contributed by atoms with Crippen molar-refractivity contribution in [2.24, 2.45) is 0 Å². The molecule has 30 heavy (non-hydrogen) atoms. The number of ether oxygens (including phenoxy) is 1. The Labute approximate surface area is 185 Å². The molecule has 1 aromatic carbocycles. The molecular formula is C26H31NO2S. The van der Waals surface area contributed by atoms with Crippen LogP contribution in [0, 0.1) is 18.8 Å². The maximum Gasteiger partial charge on any atom is 0.339 e. The molecule has 0 saturated carbocycles. The van der Waals surface area contributed by atoms with Crippen molar-refractivity contribution in [3.8, 4) is 11.8 Å². The van der Waals surface area contributed by atoms with Gasteiger partial charge in [0.05, 0.1) is 12.2 Å². The molecule has 2 aromatic rings. The van der Waals surface area contributed by atoms with Crippen molar-refractivity contribution in [2.45, 2.75) is 70.1 Å². The van der Waals surface area contributed by atoms with Crippen molar-refractivity contribution in [1.82, 2.24) is 4.98 Å². The van der Waals surface area contributed by atoms with Gasteiger partial charge in [0.15, 0.2) is 0 Å². The van der Waals surface area contributed by atoms with Crippen LogP contribution in [0.15, 0.2) is 35.4 Å². The summed E-state index contributed by atoms with van der Waals surface area (Å²) in [5.74, 6) is 7.37. The predicted molar refractivity (Wildman–Crippen MR) is 124 cm³/mol. The number of pyridine rings is 1. The van der Waals surface area contributed by atoms with Gasteiger partial charge in [-0.15, -0.1) is 11.8 Å². The normalized spacial score (nSPS) is 14.4. The van der Waals surface area contributed by atoms with Gasteiger partial charge in [-0.1, -0.05) is 32.6 Å². The molecule has 158 valence electrons. The summed E-state index contributed by atoms with van der Waals surface area (Å²) in [6.07, 6.45) is 7.68. The van der Waals surface area contributed by atoms with E-state index in [0.717, 1.165) is 11.1 Å². The number of rotatable bonds is 6. The number of fused-ring (bicyclic) bond motifs is 1. The Kier molecular flexibility index (Phi) is 7.61. The van der Waals surface area contributed by atoms with Crippen molar-refractivity contribution >= 4 is 17.7 Å². The quantitative estimate of drug-likeness (QED) is 0.405. The summed E-state index contributed by atoms with van der Waals surface area (Å²) in [7, 11) is 0. The highest BCUT2D eigenvalue weighted by Crippen LogP contribution is 2.47. The molecule has 0 atom stereocenters. The average Bonchev–Trinajstić information content (AvgIpc) is 2.74. The van der Waals surface area contributed by atoms with Crippen LogP contribution >= 0.6 is 11.8 Å². The second-order valence-corrected chi connectivity index (χ2v) is 9.09. The van der Waals surface area contributed by atoms with Gasteiger partial charge in [0, 0.05) is 16.7 Å². The topological polar surface area (TPSA) is 39.2 Å². The molecule has 3 nitrogen and oxygen atoms in total. The molecule has 0 spiro atoms. The van der Waals surface area contributed by atoms with E-state index in [0.29, 0.717) is 17.9 Å². The van der Waals surface area contributed by atoms with Gasteiger partial charge in [-0.05, 0) is 85.6 Å².